The van der Waals surface area contributed by atoms with Gasteiger partial charge in [0.15, 0.2) is 5.69 Å². The lowest BCUT2D eigenvalue weighted by molar-refractivity contribution is -0.125. The second kappa shape index (κ2) is 8.70. The second-order valence-electron chi connectivity index (χ2n) is 6.14. The van der Waals surface area contributed by atoms with E-state index in [1.165, 1.54) is 12.1 Å². The summed E-state index contributed by atoms with van der Waals surface area (Å²) in [6.45, 7) is -0.360. The van der Waals surface area contributed by atoms with Crippen molar-refractivity contribution in [2.24, 2.45) is 5.73 Å². The minimum Gasteiger partial charge on any atom is -0.364 e. The maximum atomic E-state index is 13.8. The molecule has 150 valence electrons. The lowest BCUT2D eigenvalue weighted by Crippen LogP contribution is -2.37. The van der Waals surface area contributed by atoms with Crippen molar-refractivity contribution in [3.05, 3.63) is 70.5 Å². The van der Waals surface area contributed by atoms with Crippen LogP contribution in [0.3, 0.4) is 0 Å². The number of hydrogen-bond donors (Lipinski definition) is 3. The normalized spacial score (nSPS) is 10.7. The molecule has 29 heavy (non-hydrogen) atoms. The number of nitrogens with one attached hydrogen (secondary N) is 2. The van der Waals surface area contributed by atoms with Crippen LogP contribution in [-0.4, -0.2) is 33.7 Å². The van der Waals surface area contributed by atoms with Gasteiger partial charge in [0.25, 0.3) is 5.91 Å². The molecular formula is C19H17ClFN5O3. The van der Waals surface area contributed by atoms with Crippen molar-refractivity contribution in [1.82, 2.24) is 20.0 Å². The summed E-state index contributed by atoms with van der Waals surface area (Å²) in [5, 5.41) is 4.92. The lowest BCUT2D eigenvalue weighted by atomic mass is 10.2. The molecule has 10 heteroatoms. The fraction of sp³-hybridized carbons (Fsp3) is 0.158. The molecule has 0 atom stereocenters. The Hall–Kier alpha value is -3.46. The molecule has 8 nitrogen and oxygen atoms in total. The topological polar surface area (TPSA) is 119 Å². The minimum absolute atomic E-state index is 0.0349. The molecule has 0 saturated heterocycles. The molecule has 3 rings (SSSR count). The molecule has 0 aliphatic rings. The van der Waals surface area contributed by atoms with Crippen LogP contribution in [-0.2, 0) is 22.6 Å². The highest BCUT2D eigenvalue weighted by molar-refractivity contribution is 6.30. The molecule has 2 heterocycles. The number of aromatic nitrogens is 2. The third kappa shape index (κ3) is 4.69. The number of rotatable bonds is 7. The summed E-state index contributed by atoms with van der Waals surface area (Å²) < 4.78 is 15.4. The van der Waals surface area contributed by atoms with E-state index < -0.39 is 23.5 Å². The maximum Gasteiger partial charge on any atom is 0.269 e. The SMILES string of the molecule is NC(=O)c1nc(CC(=O)NCC(=O)NCc2cccc(Cl)c2F)n2ccccc12. The third-order valence-electron chi connectivity index (χ3n) is 4.13. The summed E-state index contributed by atoms with van der Waals surface area (Å²) in [7, 11) is 0. The van der Waals surface area contributed by atoms with Crippen LogP contribution < -0.4 is 16.4 Å². The molecule has 0 fully saturated rings. The Bertz CT molecular complexity index is 1100. The van der Waals surface area contributed by atoms with E-state index >= 15 is 0 Å². The molecule has 1 aromatic carbocycles. The van der Waals surface area contributed by atoms with E-state index in [0.29, 0.717) is 11.3 Å². The number of nitrogens with two attached hydrogens (primary N) is 1. The first-order valence-electron chi connectivity index (χ1n) is 8.59. The third-order valence-corrected chi connectivity index (χ3v) is 4.42. The Morgan fingerprint density at radius 1 is 1.10 bits per heavy atom. The molecule has 2 aromatic heterocycles. The standard InChI is InChI=1S/C19H17ClFN5O3/c20-12-5-3-4-11(17(12)21)9-23-16(28)10-24-15(27)8-14-25-18(19(22)29)13-6-1-2-7-26(13)14/h1-7H,8-10H2,(H2,22,29)(H,23,28)(H,24,27). The van der Waals surface area contributed by atoms with Crippen LogP contribution in [0.4, 0.5) is 4.39 Å². The van der Waals surface area contributed by atoms with Crippen molar-refractivity contribution in [1.29, 1.82) is 0 Å². The van der Waals surface area contributed by atoms with Crippen LogP contribution in [0, 0.1) is 5.82 Å². The molecular weight excluding hydrogens is 401 g/mol. The van der Waals surface area contributed by atoms with Gasteiger partial charge in [0.2, 0.25) is 11.8 Å². The van der Waals surface area contributed by atoms with Gasteiger partial charge in [0.05, 0.1) is 23.5 Å². The molecule has 0 spiro atoms. The molecule has 0 aliphatic carbocycles. The van der Waals surface area contributed by atoms with Gasteiger partial charge in [-0.05, 0) is 18.2 Å². The average Bonchev–Trinajstić information content (AvgIpc) is 3.06. The highest BCUT2D eigenvalue weighted by atomic mass is 35.5. The molecule has 4 N–H and O–H groups in total. The van der Waals surface area contributed by atoms with E-state index in [1.54, 1.807) is 34.9 Å². The van der Waals surface area contributed by atoms with Crippen LogP contribution in [0.25, 0.3) is 5.52 Å². The number of primary amides is 1. The van der Waals surface area contributed by atoms with Crippen molar-refractivity contribution in [3.63, 3.8) is 0 Å². The van der Waals surface area contributed by atoms with Gasteiger partial charge in [-0.25, -0.2) is 9.37 Å². The Labute approximate surface area is 169 Å². The number of pyridine rings is 1. The molecule has 3 amide bonds. The van der Waals surface area contributed by atoms with Crippen LogP contribution in [0.1, 0.15) is 21.9 Å². The van der Waals surface area contributed by atoms with Gasteiger partial charge in [-0.15, -0.1) is 0 Å². The summed E-state index contributed by atoms with van der Waals surface area (Å²) in [4.78, 5) is 39.7. The van der Waals surface area contributed by atoms with Crippen molar-refractivity contribution in [2.75, 3.05) is 6.54 Å². The summed E-state index contributed by atoms with van der Waals surface area (Å²) >= 11 is 5.69. The van der Waals surface area contributed by atoms with Crippen molar-refractivity contribution in [2.45, 2.75) is 13.0 Å². The number of halogens is 2. The van der Waals surface area contributed by atoms with Crippen molar-refractivity contribution < 1.29 is 18.8 Å². The molecule has 0 saturated carbocycles. The first kappa shape index (κ1) is 20.3. The Morgan fingerprint density at radius 2 is 1.90 bits per heavy atom. The molecule has 3 aromatic rings. The quantitative estimate of drug-likeness (QED) is 0.535. The zero-order chi connectivity index (χ0) is 21.0. The fourth-order valence-electron chi connectivity index (χ4n) is 2.73. The van der Waals surface area contributed by atoms with Gasteiger partial charge >= 0.3 is 0 Å². The zero-order valence-corrected chi connectivity index (χ0v) is 15.9. The van der Waals surface area contributed by atoms with Gasteiger partial charge in [0, 0.05) is 18.3 Å². The number of carbonyl (C=O) groups excluding carboxylic acids is 3. The summed E-state index contributed by atoms with van der Waals surface area (Å²) in [6, 6.07) is 9.59. The first-order valence-corrected chi connectivity index (χ1v) is 8.96. The zero-order valence-electron chi connectivity index (χ0n) is 15.1. The van der Waals surface area contributed by atoms with Crippen LogP contribution in [0.5, 0.6) is 0 Å². The Morgan fingerprint density at radius 3 is 2.66 bits per heavy atom. The number of nitrogens with zero attached hydrogens (tertiary/aromatic N) is 2. The number of benzene rings is 1. The van der Waals surface area contributed by atoms with E-state index in [-0.39, 0.29) is 35.8 Å². The highest BCUT2D eigenvalue weighted by Gasteiger charge is 2.17. The fourth-order valence-corrected chi connectivity index (χ4v) is 2.93. The van der Waals surface area contributed by atoms with Crippen molar-refractivity contribution >= 4 is 34.8 Å². The largest absolute Gasteiger partial charge is 0.364 e. The molecule has 0 radical (unpaired) electrons. The van der Waals surface area contributed by atoms with Gasteiger partial charge in [-0.2, -0.15) is 0 Å². The Kier molecular flexibility index (Phi) is 6.08. The number of fused-ring (bicyclic) bond motifs is 1. The summed E-state index contributed by atoms with van der Waals surface area (Å²) in [6.07, 6.45) is 1.50. The number of carbonyl (C=O) groups is 3. The summed E-state index contributed by atoms with van der Waals surface area (Å²) in [5.74, 6) is -1.96. The second-order valence-corrected chi connectivity index (χ2v) is 6.55. The Balaban J connectivity index is 1.56. The molecule has 0 aliphatic heterocycles. The van der Waals surface area contributed by atoms with Crippen LogP contribution in [0.15, 0.2) is 42.6 Å². The predicted octanol–water partition coefficient (Wildman–Crippen LogP) is 1.20. The first-order chi connectivity index (χ1) is 13.9. The van der Waals surface area contributed by atoms with E-state index in [9.17, 15) is 18.8 Å². The average molecular weight is 418 g/mol. The number of imidazole rings is 1. The smallest absolute Gasteiger partial charge is 0.269 e. The maximum absolute atomic E-state index is 13.8. The predicted molar refractivity (Wildman–Crippen MR) is 104 cm³/mol. The monoisotopic (exact) mass is 417 g/mol. The van der Waals surface area contributed by atoms with E-state index in [2.05, 4.69) is 15.6 Å². The van der Waals surface area contributed by atoms with E-state index in [1.807, 2.05) is 0 Å². The lowest BCUT2D eigenvalue weighted by Gasteiger charge is -2.08. The minimum atomic E-state index is -0.701. The number of hydrogen-bond acceptors (Lipinski definition) is 4. The van der Waals surface area contributed by atoms with Crippen LogP contribution >= 0.6 is 11.6 Å². The molecule has 0 bridgehead atoms. The van der Waals surface area contributed by atoms with E-state index in [0.717, 1.165) is 0 Å². The van der Waals surface area contributed by atoms with E-state index in [4.69, 9.17) is 17.3 Å². The van der Waals surface area contributed by atoms with Crippen molar-refractivity contribution in [3.8, 4) is 0 Å². The van der Waals surface area contributed by atoms with Gasteiger partial charge in [-0.3, -0.25) is 14.4 Å². The summed E-state index contributed by atoms with van der Waals surface area (Å²) in [5.41, 5.74) is 6.11. The van der Waals surface area contributed by atoms with Gasteiger partial charge in [0.1, 0.15) is 11.6 Å². The van der Waals surface area contributed by atoms with Crippen LogP contribution in [0.2, 0.25) is 5.02 Å². The molecule has 0 unspecified atom stereocenters. The van der Waals surface area contributed by atoms with Gasteiger partial charge in [-0.1, -0.05) is 29.8 Å². The van der Waals surface area contributed by atoms with Gasteiger partial charge < -0.3 is 20.8 Å². The highest BCUT2D eigenvalue weighted by Crippen LogP contribution is 2.17. The number of amides is 3.